The fourth-order valence-electron chi connectivity index (χ4n) is 6.37. The number of nitrogens with zero attached hydrogens (tertiary/aromatic N) is 2. The first-order chi connectivity index (χ1) is 22.4. The minimum atomic E-state index is -0.633. The topological polar surface area (TPSA) is 87.0 Å². The van der Waals surface area contributed by atoms with E-state index in [9.17, 15) is 14.4 Å². The van der Waals surface area contributed by atoms with Crippen molar-refractivity contribution in [1.29, 1.82) is 0 Å². The summed E-state index contributed by atoms with van der Waals surface area (Å²) in [5, 5.41) is 5.68. The summed E-state index contributed by atoms with van der Waals surface area (Å²) >= 11 is 0. The molecule has 6 rings (SSSR count). The first kappa shape index (κ1) is 31.0. The highest BCUT2D eigenvalue weighted by atomic mass is 16.7. The van der Waals surface area contributed by atoms with Crippen LogP contribution in [-0.2, 0) is 14.4 Å². The summed E-state index contributed by atoms with van der Waals surface area (Å²) in [5.41, 5.74) is 5.65. The van der Waals surface area contributed by atoms with Crippen molar-refractivity contribution in [1.82, 2.24) is 4.57 Å². The predicted molar refractivity (Wildman–Crippen MR) is 181 cm³/mol. The molecule has 0 saturated heterocycles. The molecule has 7 nitrogen and oxygen atoms in total. The summed E-state index contributed by atoms with van der Waals surface area (Å²) in [5.74, 6) is -0.882. The highest BCUT2D eigenvalue weighted by Crippen LogP contribution is 2.38. The molecule has 0 N–H and O–H groups in total. The Labute approximate surface area is 268 Å². The van der Waals surface area contributed by atoms with Crippen LogP contribution in [0.3, 0.4) is 0 Å². The van der Waals surface area contributed by atoms with E-state index in [0.717, 1.165) is 40.3 Å². The number of hydrogen-bond donors (Lipinski definition) is 0. The van der Waals surface area contributed by atoms with Crippen LogP contribution in [0.1, 0.15) is 96.6 Å². The SMILES string of the molecule is CCCCOC(=NOC(C)=O)C(=O)c1ccc2c(c1)c1cc(C3CCCCC3)ccc1n2-c1cccc(C(=O)c2ccccc2)c1. The highest BCUT2D eigenvalue weighted by molar-refractivity contribution is 6.43. The normalized spacial score (nSPS) is 14.0. The Kier molecular flexibility index (Phi) is 9.38. The molecule has 0 amide bonds. The van der Waals surface area contributed by atoms with E-state index in [1.807, 2.05) is 73.7 Å². The molecule has 46 heavy (non-hydrogen) atoms. The molecule has 5 aromatic rings. The predicted octanol–water partition coefficient (Wildman–Crippen LogP) is 8.94. The molecule has 0 unspecified atom stereocenters. The van der Waals surface area contributed by atoms with Gasteiger partial charge in [-0.05, 0) is 78.4 Å². The molecular weight excluding hydrogens is 576 g/mol. The summed E-state index contributed by atoms with van der Waals surface area (Å²) in [6.45, 7) is 3.53. The summed E-state index contributed by atoms with van der Waals surface area (Å²) in [6, 6.07) is 29.1. The second-order valence-electron chi connectivity index (χ2n) is 11.9. The van der Waals surface area contributed by atoms with E-state index in [1.54, 1.807) is 6.07 Å². The number of rotatable bonds is 10. The number of Topliss-reactive ketones (excluding diaryl/α,β-unsaturated/α-hetero) is 1. The number of carbonyl (C=O) groups is 3. The number of unbranched alkanes of at least 4 members (excludes halogenated alkanes) is 1. The zero-order valence-electron chi connectivity index (χ0n) is 26.3. The molecule has 0 radical (unpaired) electrons. The Hall–Kier alpha value is -5.04. The van der Waals surface area contributed by atoms with Gasteiger partial charge in [-0.15, -0.1) is 0 Å². The van der Waals surface area contributed by atoms with Gasteiger partial charge in [-0.2, -0.15) is 0 Å². The van der Waals surface area contributed by atoms with E-state index < -0.39 is 11.8 Å². The van der Waals surface area contributed by atoms with E-state index in [0.29, 0.717) is 22.6 Å². The monoisotopic (exact) mass is 614 g/mol. The molecule has 1 fully saturated rings. The van der Waals surface area contributed by atoms with Crippen LogP contribution in [0.4, 0.5) is 0 Å². The Morgan fingerprint density at radius 2 is 1.50 bits per heavy atom. The third-order valence-corrected chi connectivity index (χ3v) is 8.72. The first-order valence-corrected chi connectivity index (χ1v) is 16.2. The smallest absolute Gasteiger partial charge is 0.332 e. The second kappa shape index (κ2) is 13.9. The van der Waals surface area contributed by atoms with Crippen LogP contribution in [0.15, 0.2) is 96.2 Å². The van der Waals surface area contributed by atoms with Gasteiger partial charge in [0.15, 0.2) is 5.78 Å². The van der Waals surface area contributed by atoms with Crippen molar-refractivity contribution in [2.24, 2.45) is 5.16 Å². The molecule has 1 saturated carbocycles. The Bertz CT molecular complexity index is 1930. The zero-order valence-corrected chi connectivity index (χ0v) is 26.3. The lowest BCUT2D eigenvalue weighted by molar-refractivity contribution is -0.141. The Morgan fingerprint density at radius 1 is 0.783 bits per heavy atom. The number of carbonyl (C=O) groups excluding carboxylic acids is 3. The fourth-order valence-corrected chi connectivity index (χ4v) is 6.37. The first-order valence-electron chi connectivity index (χ1n) is 16.2. The third kappa shape index (κ3) is 6.50. The minimum absolute atomic E-state index is 0.0432. The van der Waals surface area contributed by atoms with Gasteiger partial charge in [-0.1, -0.05) is 81.1 Å². The summed E-state index contributed by atoms with van der Waals surface area (Å²) in [6.07, 6.45) is 7.68. The van der Waals surface area contributed by atoms with Gasteiger partial charge in [0, 0.05) is 40.1 Å². The molecule has 1 aromatic heterocycles. The lowest BCUT2D eigenvalue weighted by atomic mass is 9.83. The number of fused-ring (bicyclic) bond motifs is 3. The Balaban J connectivity index is 1.48. The van der Waals surface area contributed by atoms with Crippen molar-refractivity contribution in [3.05, 3.63) is 113 Å². The van der Waals surface area contributed by atoms with E-state index in [4.69, 9.17) is 9.57 Å². The van der Waals surface area contributed by atoms with Gasteiger partial charge in [-0.3, -0.25) is 9.59 Å². The number of hydrogen-bond acceptors (Lipinski definition) is 6. The van der Waals surface area contributed by atoms with Gasteiger partial charge in [0.05, 0.1) is 17.6 Å². The van der Waals surface area contributed by atoms with E-state index in [-0.39, 0.29) is 18.3 Å². The molecule has 0 bridgehead atoms. The second-order valence-corrected chi connectivity index (χ2v) is 11.9. The maximum absolute atomic E-state index is 13.7. The maximum atomic E-state index is 13.7. The highest BCUT2D eigenvalue weighted by Gasteiger charge is 2.23. The van der Waals surface area contributed by atoms with Crippen LogP contribution in [-0.4, -0.2) is 34.6 Å². The molecule has 0 atom stereocenters. The summed E-state index contributed by atoms with van der Waals surface area (Å²) < 4.78 is 7.83. The number of aromatic nitrogens is 1. The fraction of sp³-hybridized carbons (Fsp3) is 0.282. The molecule has 0 aliphatic heterocycles. The van der Waals surface area contributed by atoms with Crippen molar-refractivity contribution in [3.8, 4) is 5.69 Å². The number of ether oxygens (including phenoxy) is 1. The van der Waals surface area contributed by atoms with Gasteiger partial charge < -0.3 is 14.1 Å². The summed E-state index contributed by atoms with van der Waals surface area (Å²) in [7, 11) is 0. The summed E-state index contributed by atoms with van der Waals surface area (Å²) in [4.78, 5) is 43.4. The lowest BCUT2D eigenvalue weighted by Gasteiger charge is -2.22. The zero-order chi connectivity index (χ0) is 32.0. The molecule has 1 aliphatic carbocycles. The molecule has 1 aliphatic rings. The van der Waals surface area contributed by atoms with Crippen LogP contribution in [0.25, 0.3) is 27.5 Å². The number of oxime groups is 1. The van der Waals surface area contributed by atoms with Crippen LogP contribution in [0.5, 0.6) is 0 Å². The van der Waals surface area contributed by atoms with Crippen molar-refractivity contribution in [2.75, 3.05) is 6.61 Å². The number of ketones is 2. The van der Waals surface area contributed by atoms with Crippen LogP contribution >= 0.6 is 0 Å². The van der Waals surface area contributed by atoms with Gasteiger partial charge in [0.25, 0.3) is 11.7 Å². The molecule has 234 valence electrons. The standard InChI is InChI=1S/C39H38N2O5/c1-3-4-22-45-39(40-46-26(2)42)38(44)31-19-21-36-34(25-31)33-24-29(27-12-7-5-8-13-27)18-20-35(33)41(36)32-17-11-16-30(23-32)37(43)28-14-9-6-10-15-28/h6,9-11,14-21,23-25,27H,3-5,7-8,12-13,22H2,1-2H3. The largest absolute Gasteiger partial charge is 0.473 e. The quantitative estimate of drug-likeness (QED) is 0.0391. The maximum Gasteiger partial charge on any atom is 0.332 e. The average molecular weight is 615 g/mol. The molecule has 4 aromatic carbocycles. The molecule has 7 heteroatoms. The van der Waals surface area contributed by atoms with Crippen LogP contribution in [0.2, 0.25) is 0 Å². The Morgan fingerprint density at radius 3 is 2.24 bits per heavy atom. The lowest BCUT2D eigenvalue weighted by Crippen LogP contribution is -2.20. The van der Waals surface area contributed by atoms with E-state index >= 15 is 0 Å². The molecule has 1 heterocycles. The molecule has 0 spiro atoms. The molecular formula is C39H38N2O5. The van der Waals surface area contributed by atoms with Gasteiger partial charge in [-0.25, -0.2) is 4.79 Å². The third-order valence-electron chi connectivity index (χ3n) is 8.72. The van der Waals surface area contributed by atoms with Gasteiger partial charge in [0.2, 0.25) is 0 Å². The van der Waals surface area contributed by atoms with E-state index in [1.165, 1.54) is 44.6 Å². The van der Waals surface area contributed by atoms with Crippen molar-refractivity contribution in [2.45, 2.75) is 64.7 Å². The van der Waals surface area contributed by atoms with Gasteiger partial charge in [0.1, 0.15) is 0 Å². The van der Waals surface area contributed by atoms with Crippen LogP contribution in [0, 0.1) is 0 Å². The van der Waals surface area contributed by atoms with Crippen molar-refractivity contribution >= 4 is 45.2 Å². The number of benzene rings is 4. The minimum Gasteiger partial charge on any atom is -0.473 e. The van der Waals surface area contributed by atoms with Crippen LogP contribution < -0.4 is 0 Å². The van der Waals surface area contributed by atoms with Crippen molar-refractivity contribution in [3.63, 3.8) is 0 Å². The van der Waals surface area contributed by atoms with Crippen molar-refractivity contribution < 1.29 is 24.0 Å². The average Bonchev–Trinajstić information content (AvgIpc) is 3.43. The van der Waals surface area contributed by atoms with E-state index in [2.05, 4.69) is 27.9 Å². The van der Waals surface area contributed by atoms with Gasteiger partial charge >= 0.3 is 5.97 Å².